The molecule has 0 spiro atoms. The molecule has 2 aromatic carbocycles. The van der Waals surface area contributed by atoms with E-state index in [1.807, 2.05) is 56.3 Å². The molecule has 4 aromatic rings. The van der Waals surface area contributed by atoms with E-state index in [0.717, 1.165) is 24.1 Å². The molecule has 3 heterocycles. The standard InChI is InChI=1S/C26H27N5O2S/c1-17-7-6-10-20(13-17)31-24-22(15-27-31)25(33)30-21(16-34-26(30)29-24)14-23(32)28-18(2)11-12-19-8-4-3-5-9-19/h3-10,13,15,18,21H,11-12,14,16H2,1-2H3,(H,28,32). The summed E-state index contributed by atoms with van der Waals surface area (Å²) in [7, 11) is 0. The van der Waals surface area contributed by atoms with Gasteiger partial charge in [-0.05, 0) is 49.9 Å². The number of nitrogens with zero attached hydrogens (tertiary/aromatic N) is 4. The van der Waals surface area contributed by atoms with Crippen LogP contribution in [0.5, 0.6) is 0 Å². The van der Waals surface area contributed by atoms with Crippen LogP contribution in [0.25, 0.3) is 16.7 Å². The van der Waals surface area contributed by atoms with Gasteiger partial charge in [0.05, 0.1) is 17.9 Å². The van der Waals surface area contributed by atoms with E-state index in [0.29, 0.717) is 21.9 Å². The fourth-order valence-electron chi connectivity index (χ4n) is 4.38. The molecule has 8 heteroatoms. The molecule has 2 atom stereocenters. The summed E-state index contributed by atoms with van der Waals surface area (Å²) in [6.07, 6.45) is 3.61. The zero-order valence-electron chi connectivity index (χ0n) is 19.3. The molecule has 0 bridgehead atoms. The van der Waals surface area contributed by atoms with Gasteiger partial charge in [-0.2, -0.15) is 5.10 Å². The van der Waals surface area contributed by atoms with Gasteiger partial charge >= 0.3 is 0 Å². The van der Waals surface area contributed by atoms with Crippen molar-refractivity contribution in [1.29, 1.82) is 0 Å². The first-order valence-corrected chi connectivity index (χ1v) is 12.5. The lowest BCUT2D eigenvalue weighted by atomic mass is 10.1. The van der Waals surface area contributed by atoms with Gasteiger partial charge < -0.3 is 5.32 Å². The first-order valence-electron chi connectivity index (χ1n) is 11.5. The summed E-state index contributed by atoms with van der Waals surface area (Å²) in [5, 5.41) is 8.63. The Hall–Kier alpha value is -3.39. The van der Waals surface area contributed by atoms with E-state index >= 15 is 0 Å². The lowest BCUT2D eigenvalue weighted by Crippen LogP contribution is -2.35. The molecule has 0 saturated heterocycles. The minimum Gasteiger partial charge on any atom is -0.354 e. The first-order chi connectivity index (χ1) is 16.5. The van der Waals surface area contributed by atoms with E-state index in [9.17, 15) is 9.59 Å². The molecule has 0 aliphatic carbocycles. The Labute approximate surface area is 202 Å². The molecule has 1 aliphatic rings. The van der Waals surface area contributed by atoms with Gasteiger partial charge in [-0.25, -0.2) is 9.67 Å². The van der Waals surface area contributed by atoms with Crippen LogP contribution in [-0.4, -0.2) is 37.0 Å². The predicted octanol–water partition coefficient (Wildman–Crippen LogP) is 4.07. The predicted molar refractivity (Wildman–Crippen MR) is 135 cm³/mol. The molecule has 0 saturated carbocycles. The van der Waals surface area contributed by atoms with Crippen molar-refractivity contribution in [2.24, 2.45) is 0 Å². The van der Waals surface area contributed by atoms with Crippen molar-refractivity contribution in [3.05, 3.63) is 82.3 Å². The summed E-state index contributed by atoms with van der Waals surface area (Å²) in [6.45, 7) is 4.04. The number of hydrogen-bond acceptors (Lipinski definition) is 5. The van der Waals surface area contributed by atoms with E-state index in [4.69, 9.17) is 4.98 Å². The Kier molecular flexibility index (Phi) is 6.24. The van der Waals surface area contributed by atoms with Crippen LogP contribution in [0.15, 0.2) is 70.7 Å². The molecule has 0 fully saturated rings. The maximum Gasteiger partial charge on any atom is 0.265 e. The highest BCUT2D eigenvalue weighted by molar-refractivity contribution is 7.99. The number of thioether (sulfide) groups is 1. The summed E-state index contributed by atoms with van der Waals surface area (Å²) in [6, 6.07) is 18.0. The molecule has 7 nitrogen and oxygen atoms in total. The molecule has 2 aromatic heterocycles. The number of aromatic nitrogens is 4. The third-order valence-electron chi connectivity index (χ3n) is 6.15. The maximum absolute atomic E-state index is 13.3. The summed E-state index contributed by atoms with van der Waals surface area (Å²) in [5.74, 6) is 0.611. The van der Waals surface area contributed by atoms with Gasteiger partial charge in [0.2, 0.25) is 5.91 Å². The van der Waals surface area contributed by atoms with Gasteiger partial charge in [-0.1, -0.05) is 54.2 Å². The van der Waals surface area contributed by atoms with Gasteiger partial charge in [0.25, 0.3) is 5.56 Å². The second-order valence-electron chi connectivity index (χ2n) is 8.86. The van der Waals surface area contributed by atoms with Crippen LogP contribution in [0.2, 0.25) is 0 Å². The highest BCUT2D eigenvalue weighted by Crippen LogP contribution is 2.33. The Bertz CT molecular complexity index is 1400. The van der Waals surface area contributed by atoms with Crippen LogP contribution in [0.3, 0.4) is 0 Å². The van der Waals surface area contributed by atoms with E-state index in [2.05, 4.69) is 22.5 Å². The zero-order chi connectivity index (χ0) is 23.7. The van der Waals surface area contributed by atoms with Crippen LogP contribution in [0, 0.1) is 6.92 Å². The Morgan fingerprint density at radius 2 is 2.03 bits per heavy atom. The van der Waals surface area contributed by atoms with Gasteiger partial charge in [0.1, 0.15) is 5.39 Å². The monoisotopic (exact) mass is 473 g/mol. The molecule has 1 aliphatic heterocycles. The molecule has 0 radical (unpaired) electrons. The van der Waals surface area contributed by atoms with E-state index in [-0.39, 0.29) is 30.0 Å². The summed E-state index contributed by atoms with van der Waals surface area (Å²) >= 11 is 1.51. The summed E-state index contributed by atoms with van der Waals surface area (Å²) in [5.41, 5.74) is 3.65. The SMILES string of the molecule is Cc1cccc(-n2ncc3c(=O)n4c(nc32)SCC4CC(=O)NC(C)CCc2ccccc2)c1. The molecule has 1 N–H and O–H groups in total. The third-order valence-corrected chi connectivity index (χ3v) is 7.25. The lowest BCUT2D eigenvalue weighted by molar-refractivity contribution is -0.122. The Morgan fingerprint density at radius 1 is 1.21 bits per heavy atom. The lowest BCUT2D eigenvalue weighted by Gasteiger charge is -2.17. The molecule has 1 amide bonds. The third kappa shape index (κ3) is 4.50. The van der Waals surface area contributed by atoms with Crippen molar-refractivity contribution in [1.82, 2.24) is 24.6 Å². The number of carbonyl (C=O) groups is 1. The highest BCUT2D eigenvalue weighted by atomic mass is 32.2. The van der Waals surface area contributed by atoms with Crippen molar-refractivity contribution in [2.45, 2.75) is 50.4 Å². The molecular weight excluding hydrogens is 446 g/mol. The number of nitrogens with one attached hydrogen (secondary N) is 1. The van der Waals surface area contributed by atoms with Crippen LogP contribution in [0.4, 0.5) is 0 Å². The fraction of sp³-hybridized carbons (Fsp3) is 0.308. The molecule has 5 rings (SSSR count). The second-order valence-corrected chi connectivity index (χ2v) is 9.85. The zero-order valence-corrected chi connectivity index (χ0v) is 20.1. The van der Waals surface area contributed by atoms with Crippen LogP contribution < -0.4 is 10.9 Å². The number of aryl methyl sites for hydroxylation is 2. The topological polar surface area (TPSA) is 81.8 Å². The fourth-order valence-corrected chi connectivity index (χ4v) is 5.51. The second kappa shape index (κ2) is 9.46. The summed E-state index contributed by atoms with van der Waals surface area (Å²) < 4.78 is 3.38. The van der Waals surface area contributed by atoms with Gasteiger partial charge in [-0.15, -0.1) is 0 Å². The number of fused-ring (bicyclic) bond motifs is 2. The average Bonchev–Trinajstić information content (AvgIpc) is 3.43. The van der Waals surface area contributed by atoms with Crippen LogP contribution in [-0.2, 0) is 11.2 Å². The Balaban J connectivity index is 1.30. The van der Waals surface area contributed by atoms with Gasteiger partial charge in [-0.3, -0.25) is 14.2 Å². The van der Waals surface area contributed by atoms with Crippen molar-refractivity contribution in [2.75, 3.05) is 5.75 Å². The maximum atomic E-state index is 13.3. The van der Waals surface area contributed by atoms with Crippen molar-refractivity contribution < 1.29 is 4.79 Å². The highest BCUT2D eigenvalue weighted by Gasteiger charge is 2.29. The minimum absolute atomic E-state index is 0.0403. The molecule has 174 valence electrons. The molecular formula is C26H27N5O2S. The van der Waals surface area contributed by atoms with Crippen molar-refractivity contribution in [3.8, 4) is 5.69 Å². The number of rotatable bonds is 7. The minimum atomic E-state index is -0.215. The van der Waals surface area contributed by atoms with Gasteiger partial charge in [0.15, 0.2) is 10.8 Å². The van der Waals surface area contributed by atoms with E-state index in [1.54, 1.807) is 15.4 Å². The van der Waals surface area contributed by atoms with E-state index in [1.165, 1.54) is 17.3 Å². The van der Waals surface area contributed by atoms with Crippen LogP contribution in [0.1, 0.15) is 36.9 Å². The smallest absolute Gasteiger partial charge is 0.265 e. The van der Waals surface area contributed by atoms with Crippen LogP contribution >= 0.6 is 11.8 Å². The Morgan fingerprint density at radius 3 is 2.82 bits per heavy atom. The van der Waals surface area contributed by atoms with Crippen molar-refractivity contribution >= 4 is 28.7 Å². The number of benzene rings is 2. The normalized spacial score (nSPS) is 15.9. The molecule has 34 heavy (non-hydrogen) atoms. The number of carbonyl (C=O) groups excluding carboxylic acids is 1. The summed E-state index contributed by atoms with van der Waals surface area (Å²) in [4.78, 5) is 30.8. The average molecular weight is 474 g/mol. The number of hydrogen-bond donors (Lipinski definition) is 1. The quantitative estimate of drug-likeness (QED) is 0.409. The largest absolute Gasteiger partial charge is 0.354 e. The first kappa shape index (κ1) is 22.4. The number of amides is 1. The van der Waals surface area contributed by atoms with Gasteiger partial charge in [0, 0.05) is 18.2 Å². The molecule has 2 unspecified atom stereocenters. The van der Waals surface area contributed by atoms with E-state index < -0.39 is 0 Å². The van der Waals surface area contributed by atoms with Crippen molar-refractivity contribution in [3.63, 3.8) is 0 Å².